The number of fused-ring (bicyclic) bond motifs is 1. The normalized spacial score (nSPS) is 18.9. The maximum Gasteiger partial charge on any atom is 0.147 e. The molecule has 1 atom stereocenters. The molecule has 0 saturated carbocycles. The molecule has 1 aliphatic carbocycles. The Morgan fingerprint density at radius 1 is 1.42 bits per heavy atom. The molecular weight excluding hydrogens is 262 g/mol. The van der Waals surface area contributed by atoms with Crippen molar-refractivity contribution in [3.8, 4) is 5.75 Å². The highest BCUT2D eigenvalue weighted by Gasteiger charge is 2.16. The summed E-state index contributed by atoms with van der Waals surface area (Å²) in [7, 11) is -2.90. The van der Waals surface area contributed by atoms with Gasteiger partial charge in [-0.2, -0.15) is 0 Å². The van der Waals surface area contributed by atoms with E-state index in [2.05, 4.69) is 0 Å². The fourth-order valence-corrected chi connectivity index (χ4v) is 3.07. The Kier molecular flexibility index (Phi) is 4.47. The molecule has 0 aromatic heterocycles. The monoisotopic (exact) mass is 283 g/mol. The van der Waals surface area contributed by atoms with E-state index in [1.165, 1.54) is 17.4 Å². The number of rotatable bonds is 5. The van der Waals surface area contributed by atoms with Gasteiger partial charge in [-0.1, -0.05) is 6.07 Å². The lowest BCUT2D eigenvalue weighted by Gasteiger charge is -2.22. The standard InChI is InChI=1S/C14H21NO3S/c1-19(16,17)9-3-8-18-12-6-7-13-11(10-12)4-2-5-14(13)15/h6-7,10,14H,2-5,8-9,15H2,1H3. The molecule has 4 nitrogen and oxygen atoms in total. The molecule has 1 aliphatic rings. The fraction of sp³-hybridized carbons (Fsp3) is 0.571. The first kappa shape index (κ1) is 14.3. The van der Waals surface area contributed by atoms with Crippen molar-refractivity contribution >= 4 is 9.84 Å². The molecule has 2 N–H and O–H groups in total. The van der Waals surface area contributed by atoms with Crippen LogP contribution in [0.2, 0.25) is 0 Å². The Balaban J connectivity index is 1.92. The molecule has 0 saturated heterocycles. The zero-order chi connectivity index (χ0) is 13.9. The van der Waals surface area contributed by atoms with Crippen molar-refractivity contribution in [3.05, 3.63) is 29.3 Å². The number of aryl methyl sites for hydroxylation is 1. The lowest BCUT2D eigenvalue weighted by Crippen LogP contribution is -2.17. The second-order valence-electron chi connectivity index (χ2n) is 5.19. The van der Waals surface area contributed by atoms with Crippen molar-refractivity contribution in [1.29, 1.82) is 0 Å². The summed E-state index contributed by atoms with van der Waals surface area (Å²) in [5.74, 6) is 0.976. The third kappa shape index (κ3) is 4.21. The fourth-order valence-electron chi connectivity index (χ4n) is 2.43. The third-order valence-corrected chi connectivity index (χ3v) is 4.43. The van der Waals surface area contributed by atoms with Crippen molar-refractivity contribution in [1.82, 2.24) is 0 Å². The summed E-state index contributed by atoms with van der Waals surface area (Å²) in [6, 6.07) is 6.13. The smallest absolute Gasteiger partial charge is 0.147 e. The largest absolute Gasteiger partial charge is 0.494 e. The van der Waals surface area contributed by atoms with Gasteiger partial charge in [0.1, 0.15) is 15.6 Å². The molecule has 19 heavy (non-hydrogen) atoms. The lowest BCUT2D eigenvalue weighted by molar-refractivity contribution is 0.317. The summed E-state index contributed by atoms with van der Waals surface area (Å²) >= 11 is 0. The highest BCUT2D eigenvalue weighted by molar-refractivity contribution is 7.90. The topological polar surface area (TPSA) is 69.4 Å². The van der Waals surface area contributed by atoms with Gasteiger partial charge >= 0.3 is 0 Å². The number of hydrogen-bond donors (Lipinski definition) is 1. The van der Waals surface area contributed by atoms with Crippen LogP contribution in [0.1, 0.15) is 36.4 Å². The van der Waals surface area contributed by atoms with Crippen molar-refractivity contribution in [2.45, 2.75) is 31.7 Å². The number of hydrogen-bond acceptors (Lipinski definition) is 4. The van der Waals surface area contributed by atoms with E-state index in [1.54, 1.807) is 0 Å². The quantitative estimate of drug-likeness (QED) is 0.837. The zero-order valence-electron chi connectivity index (χ0n) is 11.3. The lowest BCUT2D eigenvalue weighted by atomic mass is 9.88. The van der Waals surface area contributed by atoms with Gasteiger partial charge < -0.3 is 10.5 Å². The molecule has 2 rings (SSSR count). The van der Waals surface area contributed by atoms with Gasteiger partial charge in [0.05, 0.1) is 12.4 Å². The van der Waals surface area contributed by atoms with E-state index in [0.717, 1.165) is 25.0 Å². The van der Waals surface area contributed by atoms with Gasteiger partial charge in [-0.3, -0.25) is 0 Å². The number of benzene rings is 1. The van der Waals surface area contributed by atoms with Crippen LogP contribution in [0.25, 0.3) is 0 Å². The van der Waals surface area contributed by atoms with Crippen LogP contribution in [-0.4, -0.2) is 27.0 Å². The summed E-state index contributed by atoms with van der Waals surface area (Å²) in [5, 5.41) is 0. The maximum atomic E-state index is 11.0. The number of sulfone groups is 1. The van der Waals surface area contributed by atoms with Crippen molar-refractivity contribution in [2.24, 2.45) is 5.73 Å². The SMILES string of the molecule is CS(=O)(=O)CCCOc1ccc2c(c1)CCCC2N. The predicted octanol–water partition coefficient (Wildman–Crippen LogP) is 1.84. The van der Waals surface area contributed by atoms with Gasteiger partial charge in [-0.05, 0) is 48.9 Å². The van der Waals surface area contributed by atoms with E-state index < -0.39 is 9.84 Å². The van der Waals surface area contributed by atoms with Crippen LogP contribution in [-0.2, 0) is 16.3 Å². The van der Waals surface area contributed by atoms with Crippen LogP contribution in [0.5, 0.6) is 5.75 Å². The molecule has 0 spiro atoms. The summed E-state index contributed by atoms with van der Waals surface area (Å²) in [6.07, 6.45) is 4.97. The molecule has 1 aromatic rings. The minimum atomic E-state index is -2.90. The van der Waals surface area contributed by atoms with Crippen LogP contribution < -0.4 is 10.5 Å². The molecule has 0 fully saturated rings. The first-order valence-corrected chi connectivity index (χ1v) is 8.71. The first-order valence-electron chi connectivity index (χ1n) is 6.64. The highest BCUT2D eigenvalue weighted by atomic mass is 32.2. The van der Waals surface area contributed by atoms with E-state index >= 15 is 0 Å². The summed E-state index contributed by atoms with van der Waals surface area (Å²) in [6.45, 7) is 0.428. The Morgan fingerprint density at radius 2 is 2.21 bits per heavy atom. The van der Waals surface area contributed by atoms with Crippen molar-refractivity contribution in [3.63, 3.8) is 0 Å². The van der Waals surface area contributed by atoms with Crippen LogP contribution >= 0.6 is 0 Å². The van der Waals surface area contributed by atoms with Crippen LogP contribution in [0.15, 0.2) is 18.2 Å². The second kappa shape index (κ2) is 5.92. The predicted molar refractivity (Wildman–Crippen MR) is 76.1 cm³/mol. The average molecular weight is 283 g/mol. The average Bonchev–Trinajstić information content (AvgIpc) is 2.34. The summed E-state index contributed by atoms with van der Waals surface area (Å²) in [4.78, 5) is 0. The molecule has 0 bridgehead atoms. The zero-order valence-corrected chi connectivity index (χ0v) is 12.1. The van der Waals surface area contributed by atoms with E-state index in [-0.39, 0.29) is 11.8 Å². The van der Waals surface area contributed by atoms with E-state index in [1.807, 2.05) is 18.2 Å². The Labute approximate surface area is 114 Å². The number of nitrogens with two attached hydrogens (primary N) is 1. The molecule has 0 heterocycles. The van der Waals surface area contributed by atoms with E-state index in [9.17, 15) is 8.42 Å². The Bertz CT molecular complexity index is 540. The Hall–Kier alpha value is -1.07. The van der Waals surface area contributed by atoms with Crippen LogP contribution in [0, 0.1) is 0 Å². The molecule has 106 valence electrons. The van der Waals surface area contributed by atoms with E-state index in [0.29, 0.717) is 13.0 Å². The van der Waals surface area contributed by atoms with Crippen LogP contribution in [0.4, 0.5) is 0 Å². The van der Waals surface area contributed by atoms with Gasteiger partial charge in [0.15, 0.2) is 0 Å². The molecule has 1 aromatic carbocycles. The molecular formula is C14H21NO3S. The third-order valence-electron chi connectivity index (χ3n) is 3.40. The van der Waals surface area contributed by atoms with E-state index in [4.69, 9.17) is 10.5 Å². The van der Waals surface area contributed by atoms with Crippen LogP contribution in [0.3, 0.4) is 0 Å². The first-order chi connectivity index (χ1) is 8.96. The Morgan fingerprint density at radius 3 is 2.95 bits per heavy atom. The van der Waals surface area contributed by atoms with Gasteiger partial charge in [-0.15, -0.1) is 0 Å². The van der Waals surface area contributed by atoms with Gasteiger partial charge in [0.25, 0.3) is 0 Å². The second-order valence-corrected chi connectivity index (χ2v) is 7.45. The molecule has 1 unspecified atom stereocenters. The molecule has 0 amide bonds. The number of ether oxygens (including phenoxy) is 1. The van der Waals surface area contributed by atoms with Crippen molar-refractivity contribution < 1.29 is 13.2 Å². The molecule has 5 heteroatoms. The van der Waals surface area contributed by atoms with Crippen molar-refractivity contribution in [2.75, 3.05) is 18.6 Å². The minimum absolute atomic E-state index is 0.142. The maximum absolute atomic E-state index is 11.0. The highest BCUT2D eigenvalue weighted by Crippen LogP contribution is 2.30. The molecule has 0 radical (unpaired) electrons. The minimum Gasteiger partial charge on any atom is -0.494 e. The summed E-state index contributed by atoms with van der Waals surface area (Å²) < 4.78 is 27.6. The molecule has 0 aliphatic heterocycles. The van der Waals surface area contributed by atoms with Gasteiger partial charge in [0.2, 0.25) is 0 Å². The summed E-state index contributed by atoms with van der Waals surface area (Å²) in [5.41, 5.74) is 8.54. The van der Waals surface area contributed by atoms with Gasteiger partial charge in [-0.25, -0.2) is 8.42 Å². The van der Waals surface area contributed by atoms with Gasteiger partial charge in [0, 0.05) is 12.3 Å².